The molecule has 21 heavy (non-hydrogen) atoms. The number of ether oxygens (including phenoxy) is 1. The molecule has 120 valence electrons. The van der Waals surface area contributed by atoms with Crippen molar-refractivity contribution in [2.24, 2.45) is 5.92 Å². The molecule has 1 aromatic rings. The fourth-order valence-electron chi connectivity index (χ4n) is 3.01. The molecule has 0 amide bonds. The molecule has 0 aromatic carbocycles. The van der Waals surface area contributed by atoms with Gasteiger partial charge < -0.3 is 15.0 Å². The van der Waals surface area contributed by atoms with Crippen molar-refractivity contribution in [3.8, 4) is 0 Å². The van der Waals surface area contributed by atoms with Crippen LogP contribution in [0, 0.1) is 5.92 Å². The second kappa shape index (κ2) is 8.11. The summed E-state index contributed by atoms with van der Waals surface area (Å²) in [7, 11) is 1.74. The van der Waals surface area contributed by atoms with E-state index in [9.17, 15) is 0 Å². The van der Waals surface area contributed by atoms with Gasteiger partial charge >= 0.3 is 0 Å². The molecule has 1 aromatic heterocycles. The van der Waals surface area contributed by atoms with Gasteiger partial charge in [-0.15, -0.1) is 11.3 Å². The molecule has 1 N–H and O–H groups in total. The molecule has 1 atom stereocenters. The standard InChI is InChI=1S/C16H29N3OS/c1-5-13-15(11-17-8-10-20-4)21-16(18-13)19-9-6-7-14(19)12(2)3/h12,14,17H,5-11H2,1-4H3. The summed E-state index contributed by atoms with van der Waals surface area (Å²) in [5.74, 6) is 0.699. The summed E-state index contributed by atoms with van der Waals surface area (Å²) in [6.45, 7) is 10.6. The average molecular weight is 311 g/mol. The summed E-state index contributed by atoms with van der Waals surface area (Å²) in [5.41, 5.74) is 1.26. The number of methoxy groups -OCH3 is 1. The number of thiazole rings is 1. The maximum Gasteiger partial charge on any atom is 0.186 e. The minimum absolute atomic E-state index is 0.662. The van der Waals surface area contributed by atoms with E-state index in [4.69, 9.17) is 9.72 Å². The Kier molecular flexibility index (Phi) is 6.45. The highest BCUT2D eigenvalue weighted by molar-refractivity contribution is 7.15. The van der Waals surface area contributed by atoms with Crippen LogP contribution in [0.4, 0.5) is 5.13 Å². The highest BCUT2D eigenvalue weighted by atomic mass is 32.1. The lowest BCUT2D eigenvalue weighted by Gasteiger charge is -2.27. The topological polar surface area (TPSA) is 37.4 Å². The molecule has 0 spiro atoms. The van der Waals surface area contributed by atoms with Gasteiger partial charge in [0.05, 0.1) is 12.3 Å². The van der Waals surface area contributed by atoms with Gasteiger partial charge in [-0.1, -0.05) is 20.8 Å². The Bertz CT molecular complexity index is 433. The number of hydrogen-bond acceptors (Lipinski definition) is 5. The van der Waals surface area contributed by atoms with Crippen LogP contribution in [0.3, 0.4) is 0 Å². The molecular weight excluding hydrogens is 282 g/mol. The van der Waals surface area contributed by atoms with Crippen molar-refractivity contribution >= 4 is 16.5 Å². The van der Waals surface area contributed by atoms with Crippen LogP contribution in [0.25, 0.3) is 0 Å². The molecule has 1 unspecified atom stereocenters. The van der Waals surface area contributed by atoms with E-state index in [1.807, 2.05) is 11.3 Å². The molecule has 2 rings (SSSR count). The largest absolute Gasteiger partial charge is 0.383 e. The number of hydrogen-bond donors (Lipinski definition) is 1. The Balaban J connectivity index is 2.05. The van der Waals surface area contributed by atoms with Crippen molar-refractivity contribution in [3.63, 3.8) is 0 Å². The summed E-state index contributed by atoms with van der Waals surface area (Å²) < 4.78 is 5.08. The first kappa shape index (κ1) is 16.7. The molecule has 4 nitrogen and oxygen atoms in total. The van der Waals surface area contributed by atoms with E-state index in [1.165, 1.54) is 28.5 Å². The molecule has 0 bridgehead atoms. The molecule has 2 heterocycles. The Hall–Kier alpha value is -0.650. The third-order valence-electron chi connectivity index (χ3n) is 4.18. The molecule has 0 aliphatic carbocycles. The van der Waals surface area contributed by atoms with Crippen LogP contribution in [-0.2, 0) is 17.7 Å². The van der Waals surface area contributed by atoms with Crippen molar-refractivity contribution in [3.05, 3.63) is 10.6 Å². The Labute approximate surface area is 132 Å². The first-order valence-electron chi connectivity index (χ1n) is 8.12. The van der Waals surface area contributed by atoms with E-state index in [2.05, 4.69) is 31.0 Å². The van der Waals surface area contributed by atoms with Gasteiger partial charge in [0.15, 0.2) is 5.13 Å². The third-order valence-corrected chi connectivity index (χ3v) is 5.32. The predicted molar refractivity (Wildman–Crippen MR) is 90.3 cm³/mol. The van der Waals surface area contributed by atoms with Crippen molar-refractivity contribution in [2.75, 3.05) is 31.7 Å². The molecule has 1 fully saturated rings. The molecule has 1 aliphatic rings. The van der Waals surface area contributed by atoms with Crippen molar-refractivity contribution in [1.82, 2.24) is 10.3 Å². The van der Waals surface area contributed by atoms with Gasteiger partial charge in [0.25, 0.3) is 0 Å². The van der Waals surface area contributed by atoms with Crippen LogP contribution in [0.2, 0.25) is 0 Å². The summed E-state index contributed by atoms with van der Waals surface area (Å²) in [6.07, 6.45) is 3.61. The zero-order valence-corrected chi connectivity index (χ0v) is 14.6. The maximum atomic E-state index is 5.08. The Morgan fingerprint density at radius 3 is 2.95 bits per heavy atom. The SMILES string of the molecule is CCc1nc(N2CCCC2C(C)C)sc1CNCCOC. The third kappa shape index (κ3) is 4.18. The van der Waals surface area contributed by atoms with Crippen molar-refractivity contribution < 1.29 is 4.74 Å². The normalized spacial score (nSPS) is 18.9. The van der Waals surface area contributed by atoms with Gasteiger partial charge in [0.2, 0.25) is 0 Å². The number of anilines is 1. The minimum Gasteiger partial charge on any atom is -0.383 e. The highest BCUT2D eigenvalue weighted by Crippen LogP contribution is 2.34. The number of aryl methyl sites for hydroxylation is 1. The van der Waals surface area contributed by atoms with Gasteiger partial charge in [-0.2, -0.15) is 0 Å². The lowest BCUT2D eigenvalue weighted by Crippen LogP contribution is -2.33. The van der Waals surface area contributed by atoms with E-state index < -0.39 is 0 Å². The zero-order chi connectivity index (χ0) is 15.2. The first-order chi connectivity index (χ1) is 10.2. The van der Waals surface area contributed by atoms with E-state index in [1.54, 1.807) is 7.11 Å². The minimum atomic E-state index is 0.662. The van der Waals surface area contributed by atoms with E-state index in [-0.39, 0.29) is 0 Å². The molecule has 5 heteroatoms. The van der Waals surface area contributed by atoms with Crippen LogP contribution in [0.5, 0.6) is 0 Å². The molecular formula is C16H29N3OS. The second-order valence-corrected chi connectivity index (χ2v) is 7.10. The number of aromatic nitrogens is 1. The average Bonchev–Trinajstić information content (AvgIpc) is 3.09. The van der Waals surface area contributed by atoms with Crippen LogP contribution in [-0.4, -0.2) is 37.8 Å². The van der Waals surface area contributed by atoms with Crippen LogP contribution in [0.15, 0.2) is 0 Å². The van der Waals surface area contributed by atoms with Gasteiger partial charge in [0, 0.05) is 37.7 Å². The number of nitrogens with zero attached hydrogens (tertiary/aromatic N) is 2. The predicted octanol–water partition coefficient (Wildman–Crippen LogP) is 3.07. The Morgan fingerprint density at radius 1 is 1.48 bits per heavy atom. The van der Waals surface area contributed by atoms with Crippen LogP contribution >= 0.6 is 11.3 Å². The van der Waals surface area contributed by atoms with E-state index in [0.717, 1.165) is 32.7 Å². The van der Waals surface area contributed by atoms with Gasteiger partial charge in [0.1, 0.15) is 0 Å². The lowest BCUT2D eigenvalue weighted by molar-refractivity contribution is 0.199. The van der Waals surface area contributed by atoms with Crippen LogP contribution in [0.1, 0.15) is 44.2 Å². The lowest BCUT2D eigenvalue weighted by atomic mass is 10.0. The van der Waals surface area contributed by atoms with Gasteiger partial charge in [-0.25, -0.2) is 4.98 Å². The second-order valence-electron chi connectivity index (χ2n) is 6.04. The number of rotatable bonds is 8. The van der Waals surface area contributed by atoms with E-state index in [0.29, 0.717) is 12.0 Å². The first-order valence-corrected chi connectivity index (χ1v) is 8.93. The fourth-order valence-corrected chi connectivity index (χ4v) is 4.21. The fraction of sp³-hybridized carbons (Fsp3) is 0.812. The summed E-state index contributed by atoms with van der Waals surface area (Å²) in [6, 6.07) is 0.662. The zero-order valence-electron chi connectivity index (χ0n) is 13.8. The Morgan fingerprint density at radius 2 is 2.29 bits per heavy atom. The molecule has 0 saturated carbocycles. The van der Waals surface area contributed by atoms with Gasteiger partial charge in [-0.3, -0.25) is 0 Å². The molecule has 1 aliphatic heterocycles. The van der Waals surface area contributed by atoms with E-state index >= 15 is 0 Å². The van der Waals surface area contributed by atoms with Crippen LogP contribution < -0.4 is 10.2 Å². The summed E-state index contributed by atoms with van der Waals surface area (Å²) in [4.78, 5) is 8.84. The van der Waals surface area contributed by atoms with Crippen molar-refractivity contribution in [2.45, 2.75) is 52.6 Å². The summed E-state index contributed by atoms with van der Waals surface area (Å²) >= 11 is 1.87. The monoisotopic (exact) mass is 311 g/mol. The number of nitrogens with one attached hydrogen (secondary N) is 1. The maximum absolute atomic E-state index is 5.08. The van der Waals surface area contributed by atoms with Crippen molar-refractivity contribution in [1.29, 1.82) is 0 Å². The quantitative estimate of drug-likeness (QED) is 0.749. The summed E-state index contributed by atoms with van der Waals surface area (Å²) in [5, 5.41) is 4.67. The molecule has 0 radical (unpaired) electrons. The molecule has 1 saturated heterocycles. The smallest absolute Gasteiger partial charge is 0.186 e. The highest BCUT2D eigenvalue weighted by Gasteiger charge is 2.29. The van der Waals surface area contributed by atoms with Gasteiger partial charge in [-0.05, 0) is 25.2 Å².